The van der Waals surface area contributed by atoms with E-state index in [1.54, 1.807) is 10.8 Å². The Labute approximate surface area is 53.8 Å². The SMILES string of the molecule is O=C=CN1C=CC=CC1. The molecule has 0 aliphatic carbocycles. The van der Waals surface area contributed by atoms with E-state index in [9.17, 15) is 4.79 Å². The van der Waals surface area contributed by atoms with Gasteiger partial charge < -0.3 is 4.90 Å². The van der Waals surface area contributed by atoms with Crippen LogP contribution in [0.2, 0.25) is 0 Å². The fourth-order valence-corrected chi connectivity index (χ4v) is 0.646. The molecule has 0 aromatic rings. The molecular formula is C7H7NO. The highest BCUT2D eigenvalue weighted by Gasteiger charge is 1.91. The second-order valence-electron chi connectivity index (χ2n) is 1.71. The van der Waals surface area contributed by atoms with E-state index in [0.717, 1.165) is 6.54 Å². The first-order chi connectivity index (χ1) is 4.43. The minimum absolute atomic E-state index is 0.770. The van der Waals surface area contributed by atoms with E-state index in [1.807, 2.05) is 24.4 Å². The molecule has 2 nitrogen and oxygen atoms in total. The van der Waals surface area contributed by atoms with Gasteiger partial charge in [0.05, 0.1) is 6.20 Å². The molecule has 0 atom stereocenters. The molecule has 0 unspecified atom stereocenters. The summed E-state index contributed by atoms with van der Waals surface area (Å²) >= 11 is 0. The van der Waals surface area contributed by atoms with Crippen LogP contribution in [0.1, 0.15) is 0 Å². The van der Waals surface area contributed by atoms with Crippen LogP contribution in [0.4, 0.5) is 0 Å². The highest BCUT2D eigenvalue weighted by atomic mass is 16.1. The van der Waals surface area contributed by atoms with E-state index in [4.69, 9.17) is 0 Å². The molecule has 0 aromatic heterocycles. The van der Waals surface area contributed by atoms with Crippen molar-refractivity contribution < 1.29 is 4.79 Å². The van der Waals surface area contributed by atoms with Gasteiger partial charge in [0.15, 0.2) is 0 Å². The minimum Gasteiger partial charge on any atom is -0.341 e. The Morgan fingerprint density at radius 1 is 1.56 bits per heavy atom. The van der Waals surface area contributed by atoms with Crippen molar-refractivity contribution >= 4 is 5.94 Å². The number of carbonyl (C=O) groups excluding carboxylic acids is 1. The normalized spacial score (nSPS) is 15.3. The van der Waals surface area contributed by atoms with Crippen LogP contribution in [0.5, 0.6) is 0 Å². The van der Waals surface area contributed by atoms with Crippen molar-refractivity contribution in [3.63, 3.8) is 0 Å². The van der Waals surface area contributed by atoms with Crippen LogP contribution in [0, 0.1) is 0 Å². The Hall–Kier alpha value is -1.27. The second kappa shape index (κ2) is 2.90. The third-order valence-electron chi connectivity index (χ3n) is 1.06. The summed E-state index contributed by atoms with van der Waals surface area (Å²) in [5, 5.41) is 0. The highest BCUT2D eigenvalue weighted by molar-refractivity contribution is 5.44. The van der Waals surface area contributed by atoms with E-state index in [2.05, 4.69) is 0 Å². The maximum Gasteiger partial charge on any atom is 0.142 e. The van der Waals surface area contributed by atoms with Crippen LogP contribution >= 0.6 is 0 Å². The van der Waals surface area contributed by atoms with Crippen LogP contribution in [-0.4, -0.2) is 17.4 Å². The molecule has 0 aromatic carbocycles. The third-order valence-corrected chi connectivity index (χ3v) is 1.06. The van der Waals surface area contributed by atoms with Gasteiger partial charge in [-0.3, -0.25) is 0 Å². The van der Waals surface area contributed by atoms with Gasteiger partial charge in [0.2, 0.25) is 0 Å². The first-order valence-electron chi connectivity index (χ1n) is 2.73. The van der Waals surface area contributed by atoms with Crippen molar-refractivity contribution in [1.82, 2.24) is 4.90 Å². The van der Waals surface area contributed by atoms with Crippen molar-refractivity contribution in [2.75, 3.05) is 6.54 Å². The number of hydrogen-bond acceptors (Lipinski definition) is 2. The fourth-order valence-electron chi connectivity index (χ4n) is 0.646. The van der Waals surface area contributed by atoms with Gasteiger partial charge in [0.1, 0.15) is 5.94 Å². The molecule has 0 bridgehead atoms. The lowest BCUT2D eigenvalue weighted by atomic mass is 10.4. The molecule has 46 valence electrons. The molecule has 0 saturated carbocycles. The summed E-state index contributed by atoms with van der Waals surface area (Å²) in [4.78, 5) is 11.5. The lowest BCUT2D eigenvalue weighted by Crippen LogP contribution is -2.10. The maximum atomic E-state index is 9.79. The molecule has 1 rings (SSSR count). The summed E-state index contributed by atoms with van der Waals surface area (Å²) in [6, 6.07) is 0. The second-order valence-corrected chi connectivity index (χ2v) is 1.71. The first kappa shape index (κ1) is 5.86. The predicted octanol–water partition coefficient (Wildman–Crippen LogP) is 0.717. The molecule has 1 aliphatic heterocycles. The average Bonchev–Trinajstić information content (AvgIpc) is 1.91. The topological polar surface area (TPSA) is 20.3 Å². The fraction of sp³-hybridized carbons (Fsp3) is 0.143. The molecule has 1 aliphatic rings. The number of allylic oxidation sites excluding steroid dienone is 2. The van der Waals surface area contributed by atoms with Gasteiger partial charge in [-0.2, -0.15) is 0 Å². The number of hydrogen-bond donors (Lipinski definition) is 0. The van der Waals surface area contributed by atoms with E-state index < -0.39 is 0 Å². The summed E-state index contributed by atoms with van der Waals surface area (Å²) in [7, 11) is 0. The summed E-state index contributed by atoms with van der Waals surface area (Å²) in [5.41, 5.74) is 0. The zero-order valence-corrected chi connectivity index (χ0v) is 4.95. The molecule has 0 saturated heterocycles. The molecule has 1 heterocycles. The molecular weight excluding hydrogens is 114 g/mol. The monoisotopic (exact) mass is 121 g/mol. The van der Waals surface area contributed by atoms with Gasteiger partial charge in [0.25, 0.3) is 0 Å². The Kier molecular flexibility index (Phi) is 1.89. The van der Waals surface area contributed by atoms with Crippen molar-refractivity contribution in [3.8, 4) is 0 Å². The predicted molar refractivity (Wildman–Crippen MR) is 35.2 cm³/mol. The van der Waals surface area contributed by atoms with Gasteiger partial charge >= 0.3 is 0 Å². The van der Waals surface area contributed by atoms with Crippen LogP contribution < -0.4 is 0 Å². The zero-order valence-electron chi connectivity index (χ0n) is 4.95. The van der Waals surface area contributed by atoms with Crippen LogP contribution in [-0.2, 0) is 4.79 Å². The van der Waals surface area contributed by atoms with Gasteiger partial charge in [-0.15, -0.1) is 0 Å². The minimum atomic E-state index is 0.770. The molecule has 9 heavy (non-hydrogen) atoms. The number of nitrogens with zero attached hydrogens (tertiary/aromatic N) is 1. The first-order valence-corrected chi connectivity index (χ1v) is 2.73. The van der Waals surface area contributed by atoms with Gasteiger partial charge in [-0.25, -0.2) is 4.79 Å². The lowest BCUT2D eigenvalue weighted by molar-refractivity contribution is 0.538. The van der Waals surface area contributed by atoms with Crippen molar-refractivity contribution in [3.05, 3.63) is 30.6 Å². The summed E-state index contributed by atoms with van der Waals surface area (Å²) in [5.74, 6) is 1.70. The zero-order chi connectivity index (χ0) is 6.53. The highest BCUT2D eigenvalue weighted by Crippen LogP contribution is 1.96. The molecule has 0 radical (unpaired) electrons. The Balaban J connectivity index is 2.55. The Morgan fingerprint density at radius 3 is 3.00 bits per heavy atom. The van der Waals surface area contributed by atoms with E-state index >= 15 is 0 Å². The molecule has 0 amide bonds. The number of rotatable bonds is 1. The average molecular weight is 121 g/mol. The van der Waals surface area contributed by atoms with Gasteiger partial charge in [0, 0.05) is 12.7 Å². The van der Waals surface area contributed by atoms with Gasteiger partial charge in [-0.1, -0.05) is 12.2 Å². The summed E-state index contributed by atoms with van der Waals surface area (Å²) < 4.78 is 0. The summed E-state index contributed by atoms with van der Waals surface area (Å²) in [6.07, 6.45) is 8.98. The molecule has 2 heteroatoms. The molecule has 0 spiro atoms. The van der Waals surface area contributed by atoms with E-state index in [-0.39, 0.29) is 0 Å². The maximum absolute atomic E-state index is 9.79. The van der Waals surface area contributed by atoms with Crippen LogP contribution in [0.3, 0.4) is 0 Å². The standard InChI is InChI=1S/C7H7NO/c9-7-6-8-4-2-1-3-5-8/h1-4,6H,5H2. The van der Waals surface area contributed by atoms with Gasteiger partial charge in [-0.05, 0) is 6.08 Å². The van der Waals surface area contributed by atoms with Crippen molar-refractivity contribution in [1.29, 1.82) is 0 Å². The van der Waals surface area contributed by atoms with E-state index in [0.29, 0.717) is 0 Å². The quantitative estimate of drug-likeness (QED) is 0.476. The Morgan fingerprint density at radius 2 is 2.44 bits per heavy atom. The van der Waals surface area contributed by atoms with Crippen molar-refractivity contribution in [2.24, 2.45) is 0 Å². The molecule has 0 fully saturated rings. The lowest BCUT2D eigenvalue weighted by Gasteiger charge is -2.11. The third kappa shape index (κ3) is 1.59. The van der Waals surface area contributed by atoms with E-state index in [1.165, 1.54) is 6.20 Å². The van der Waals surface area contributed by atoms with Crippen molar-refractivity contribution in [2.45, 2.75) is 0 Å². The summed E-state index contributed by atoms with van der Waals surface area (Å²) in [6.45, 7) is 0.770. The largest absolute Gasteiger partial charge is 0.341 e. The smallest absolute Gasteiger partial charge is 0.142 e. The Bertz CT molecular complexity index is 187. The molecule has 0 N–H and O–H groups in total. The van der Waals surface area contributed by atoms with Crippen LogP contribution in [0.15, 0.2) is 30.6 Å². The van der Waals surface area contributed by atoms with Crippen LogP contribution in [0.25, 0.3) is 0 Å².